The summed E-state index contributed by atoms with van der Waals surface area (Å²) in [6, 6.07) is 10.8. The first kappa shape index (κ1) is 18.7. The van der Waals surface area contributed by atoms with Crippen LogP contribution in [0.5, 0.6) is 0 Å². The zero-order chi connectivity index (χ0) is 18.8. The van der Waals surface area contributed by atoms with Gasteiger partial charge in [-0.1, -0.05) is 6.58 Å². The van der Waals surface area contributed by atoms with Crippen LogP contribution in [0.4, 0.5) is 0 Å². The van der Waals surface area contributed by atoms with Crippen LogP contribution in [-0.4, -0.2) is 30.8 Å². The Hall–Kier alpha value is -2.65. The van der Waals surface area contributed by atoms with E-state index in [1.54, 1.807) is 30.3 Å². The van der Waals surface area contributed by atoms with Crippen molar-refractivity contribution in [2.75, 3.05) is 12.0 Å². The Balaban J connectivity index is 2.55. The average molecular weight is 356 g/mol. The number of nitriles is 1. The Morgan fingerprint density at radius 3 is 2.36 bits per heavy atom. The molecule has 0 amide bonds. The molecule has 0 aliphatic rings. The van der Waals surface area contributed by atoms with Crippen LogP contribution in [0.3, 0.4) is 0 Å². The zero-order valence-corrected chi connectivity index (χ0v) is 15.4. The van der Waals surface area contributed by atoms with Gasteiger partial charge in [-0.25, -0.2) is 8.42 Å². The second-order valence-corrected chi connectivity index (χ2v) is 8.32. The van der Waals surface area contributed by atoms with Gasteiger partial charge in [0, 0.05) is 28.9 Å². The van der Waals surface area contributed by atoms with Crippen LogP contribution in [0.1, 0.15) is 40.7 Å². The monoisotopic (exact) mass is 356 g/mol. The molecule has 1 heterocycles. The van der Waals surface area contributed by atoms with Gasteiger partial charge < -0.3 is 4.57 Å². The van der Waals surface area contributed by atoms with Crippen molar-refractivity contribution in [1.82, 2.24) is 4.57 Å². The van der Waals surface area contributed by atoms with E-state index in [1.807, 2.05) is 11.5 Å². The highest BCUT2D eigenvalue weighted by Gasteiger charge is 2.18. The summed E-state index contributed by atoms with van der Waals surface area (Å²) < 4.78 is 24.8. The second kappa shape index (κ2) is 7.08. The maximum Gasteiger partial charge on any atom is 0.161 e. The van der Waals surface area contributed by atoms with Crippen molar-refractivity contribution in [2.45, 2.75) is 20.3 Å². The lowest BCUT2D eigenvalue weighted by Crippen LogP contribution is -2.06. The first-order chi connectivity index (χ1) is 11.6. The Labute approximate surface area is 148 Å². The van der Waals surface area contributed by atoms with Crippen LogP contribution in [-0.2, 0) is 9.84 Å². The van der Waals surface area contributed by atoms with E-state index in [-0.39, 0.29) is 18.0 Å². The minimum Gasteiger partial charge on any atom is -0.314 e. The molecule has 2 rings (SSSR count). The third-order valence-corrected chi connectivity index (χ3v) is 4.96. The Morgan fingerprint density at radius 1 is 1.28 bits per heavy atom. The smallest absolute Gasteiger partial charge is 0.161 e. The molecule has 0 saturated heterocycles. The van der Waals surface area contributed by atoms with E-state index in [9.17, 15) is 13.2 Å². The van der Waals surface area contributed by atoms with Gasteiger partial charge in [-0.05, 0) is 56.2 Å². The number of aromatic nitrogens is 1. The molecule has 0 bridgehead atoms. The molecule has 25 heavy (non-hydrogen) atoms. The highest BCUT2D eigenvalue weighted by atomic mass is 32.2. The van der Waals surface area contributed by atoms with Crippen molar-refractivity contribution in [3.05, 3.63) is 59.4 Å². The van der Waals surface area contributed by atoms with Gasteiger partial charge in [0.05, 0.1) is 17.4 Å². The van der Waals surface area contributed by atoms with E-state index in [4.69, 9.17) is 5.26 Å². The number of carbonyl (C=O) groups excluding carboxylic acids is 1. The maximum atomic E-state index is 11.9. The Morgan fingerprint density at radius 2 is 1.88 bits per heavy atom. The minimum absolute atomic E-state index is 0.00115. The van der Waals surface area contributed by atoms with Gasteiger partial charge >= 0.3 is 0 Å². The van der Waals surface area contributed by atoms with Crippen molar-refractivity contribution in [2.24, 2.45) is 0 Å². The number of rotatable bonds is 6. The van der Waals surface area contributed by atoms with Crippen LogP contribution in [0.25, 0.3) is 11.3 Å². The van der Waals surface area contributed by atoms with Crippen LogP contribution < -0.4 is 0 Å². The lowest BCUT2D eigenvalue weighted by molar-refractivity contribution is 0.101. The molecule has 0 N–H and O–H groups in total. The zero-order valence-electron chi connectivity index (χ0n) is 14.5. The van der Waals surface area contributed by atoms with Crippen LogP contribution in [0.15, 0.2) is 36.9 Å². The fourth-order valence-corrected chi connectivity index (χ4v) is 3.30. The summed E-state index contributed by atoms with van der Waals surface area (Å²) in [7, 11) is -3.11. The molecule has 0 unspecified atom stereocenters. The molecule has 1 aromatic heterocycles. The number of hydrogen-bond acceptors (Lipinski definition) is 4. The number of sulfone groups is 1. The third kappa shape index (κ3) is 4.25. The molecule has 0 radical (unpaired) electrons. The number of hydrogen-bond donors (Lipinski definition) is 0. The van der Waals surface area contributed by atoms with E-state index < -0.39 is 9.84 Å². The highest BCUT2D eigenvalue weighted by molar-refractivity contribution is 7.90. The molecular weight excluding hydrogens is 336 g/mol. The van der Waals surface area contributed by atoms with Gasteiger partial charge in [-0.15, -0.1) is 0 Å². The van der Waals surface area contributed by atoms with E-state index >= 15 is 0 Å². The molecule has 0 atom stereocenters. The van der Waals surface area contributed by atoms with Gasteiger partial charge in [0.1, 0.15) is 9.84 Å². The quantitative estimate of drug-likeness (QED) is 0.744. The molecule has 0 spiro atoms. The molecule has 1 aromatic carbocycles. The van der Waals surface area contributed by atoms with Crippen LogP contribution in [0.2, 0.25) is 0 Å². The van der Waals surface area contributed by atoms with Crippen LogP contribution >= 0.6 is 0 Å². The molecule has 6 heteroatoms. The Kier molecular flexibility index (Phi) is 5.29. The van der Waals surface area contributed by atoms with E-state index in [1.165, 1.54) is 13.2 Å². The number of allylic oxidation sites excluding steroid dienone is 1. The third-order valence-electron chi connectivity index (χ3n) is 4.02. The number of carbonyl (C=O) groups is 1. The molecule has 0 aliphatic carbocycles. The van der Waals surface area contributed by atoms with E-state index in [0.717, 1.165) is 11.4 Å². The van der Waals surface area contributed by atoms with Gasteiger partial charge in [0.2, 0.25) is 0 Å². The summed E-state index contributed by atoms with van der Waals surface area (Å²) in [5.74, 6) is -0.0687. The van der Waals surface area contributed by atoms with Crippen molar-refractivity contribution in [1.29, 1.82) is 5.26 Å². The second-order valence-electron chi connectivity index (χ2n) is 6.06. The highest BCUT2D eigenvalue weighted by Crippen LogP contribution is 2.28. The van der Waals surface area contributed by atoms with Gasteiger partial charge in [0.15, 0.2) is 5.78 Å². The molecule has 0 aliphatic heterocycles. The lowest BCUT2D eigenvalue weighted by Gasteiger charge is -2.14. The summed E-state index contributed by atoms with van der Waals surface area (Å²) in [5.41, 5.74) is 4.01. The molecule has 2 aromatic rings. The van der Waals surface area contributed by atoms with Crippen molar-refractivity contribution in [3.63, 3.8) is 0 Å². The standard InChI is InChI=1S/C19H20N2O3S/c1-13(9-10-25(4,23)24)19-11-18(15(3)22)14(2)21(19)17-7-5-16(12-20)6-8-17/h5-8,11H,1,9-10H2,2-4H3. The van der Waals surface area contributed by atoms with E-state index in [2.05, 4.69) is 12.6 Å². The van der Waals surface area contributed by atoms with Crippen LogP contribution in [0, 0.1) is 18.3 Å². The number of Topliss-reactive ketones (excluding diaryl/α,β-unsaturated/α-hetero) is 1. The number of nitrogens with zero attached hydrogens (tertiary/aromatic N) is 2. The SMILES string of the molecule is C=C(CCS(C)(=O)=O)c1cc(C(C)=O)c(C)n1-c1ccc(C#N)cc1. The summed E-state index contributed by atoms with van der Waals surface area (Å²) in [4.78, 5) is 11.9. The Bertz CT molecular complexity index is 975. The predicted octanol–water partition coefficient (Wildman–Crippen LogP) is 3.31. The predicted molar refractivity (Wildman–Crippen MR) is 98.6 cm³/mol. The maximum absolute atomic E-state index is 11.9. The molecule has 5 nitrogen and oxygen atoms in total. The lowest BCUT2D eigenvalue weighted by atomic mass is 10.1. The van der Waals surface area contributed by atoms with Gasteiger partial charge in [-0.3, -0.25) is 4.79 Å². The summed E-state index contributed by atoms with van der Waals surface area (Å²) in [6.07, 6.45) is 1.47. The van der Waals surface area contributed by atoms with Gasteiger partial charge in [-0.2, -0.15) is 5.26 Å². The normalized spacial score (nSPS) is 11.1. The van der Waals surface area contributed by atoms with Crippen molar-refractivity contribution < 1.29 is 13.2 Å². The summed E-state index contributed by atoms with van der Waals surface area (Å²) >= 11 is 0. The van der Waals surface area contributed by atoms with Crippen molar-refractivity contribution >= 4 is 21.2 Å². The molecule has 0 fully saturated rings. The topological polar surface area (TPSA) is 79.9 Å². The van der Waals surface area contributed by atoms with Gasteiger partial charge in [0.25, 0.3) is 0 Å². The van der Waals surface area contributed by atoms with Crippen molar-refractivity contribution in [3.8, 4) is 11.8 Å². The minimum atomic E-state index is -3.11. The largest absolute Gasteiger partial charge is 0.314 e. The molecular formula is C19H20N2O3S. The fourth-order valence-electron chi connectivity index (χ4n) is 2.68. The first-order valence-electron chi connectivity index (χ1n) is 7.73. The fraction of sp³-hybridized carbons (Fsp3) is 0.263. The molecule has 130 valence electrons. The number of benzene rings is 1. The summed E-state index contributed by atoms with van der Waals surface area (Å²) in [5, 5.41) is 8.95. The average Bonchev–Trinajstić information content (AvgIpc) is 2.89. The summed E-state index contributed by atoms with van der Waals surface area (Å²) in [6.45, 7) is 7.34. The first-order valence-corrected chi connectivity index (χ1v) is 9.80. The van der Waals surface area contributed by atoms with E-state index in [0.29, 0.717) is 22.4 Å². The number of ketones is 1. The molecule has 0 saturated carbocycles.